The molecule has 3 aliphatic rings. The fourth-order valence-corrected chi connectivity index (χ4v) is 5.67. The highest BCUT2D eigenvalue weighted by atomic mass is 35.5. The molecule has 4 rings (SSSR count). The molecule has 2 saturated heterocycles. The molecule has 4 nitrogen and oxygen atoms in total. The molecule has 1 aliphatic carbocycles. The van der Waals surface area contributed by atoms with Gasteiger partial charge in [-0.2, -0.15) is 0 Å². The molecule has 0 aromatic heterocycles. The quantitative estimate of drug-likeness (QED) is 0.671. The average Bonchev–Trinajstić information content (AvgIpc) is 2.68. The van der Waals surface area contributed by atoms with E-state index in [-0.39, 0.29) is 18.1 Å². The minimum Gasteiger partial charge on any atom is -0.376 e. The SMILES string of the molecule is CC1(C)CC(CN2CCC(F)(CNC(=O)C3(c4ccc(Cl)cc4)CCC3)CC2)CCO1. The molecule has 0 spiro atoms. The number of hydrogen-bond acceptors (Lipinski definition) is 3. The number of amides is 1. The fraction of sp³-hybridized carbons (Fsp3) is 0.720. The van der Waals surface area contributed by atoms with Crippen molar-refractivity contribution in [2.24, 2.45) is 5.92 Å². The van der Waals surface area contributed by atoms with Crippen molar-refractivity contribution < 1.29 is 13.9 Å². The molecule has 6 heteroatoms. The Balaban J connectivity index is 1.27. The predicted octanol–water partition coefficient (Wildman–Crippen LogP) is 4.89. The molecule has 0 bridgehead atoms. The molecule has 1 amide bonds. The van der Waals surface area contributed by atoms with Gasteiger partial charge in [0.2, 0.25) is 5.91 Å². The topological polar surface area (TPSA) is 41.6 Å². The van der Waals surface area contributed by atoms with Crippen LogP contribution in [0.25, 0.3) is 0 Å². The lowest BCUT2D eigenvalue weighted by Crippen LogP contribution is -2.54. The van der Waals surface area contributed by atoms with Crippen molar-refractivity contribution in [3.05, 3.63) is 34.9 Å². The number of piperidine rings is 1. The largest absolute Gasteiger partial charge is 0.376 e. The van der Waals surface area contributed by atoms with Gasteiger partial charge in [0, 0.05) is 31.3 Å². The first kappa shape index (κ1) is 23.0. The van der Waals surface area contributed by atoms with Gasteiger partial charge in [-0.15, -0.1) is 0 Å². The van der Waals surface area contributed by atoms with Crippen molar-refractivity contribution in [2.45, 2.75) is 75.5 Å². The highest BCUT2D eigenvalue weighted by Crippen LogP contribution is 2.44. The van der Waals surface area contributed by atoms with Crippen LogP contribution in [0.4, 0.5) is 4.39 Å². The lowest BCUT2D eigenvalue weighted by Gasteiger charge is -2.43. The zero-order valence-corrected chi connectivity index (χ0v) is 19.6. The van der Waals surface area contributed by atoms with Gasteiger partial charge >= 0.3 is 0 Å². The van der Waals surface area contributed by atoms with E-state index in [4.69, 9.17) is 16.3 Å². The molecule has 2 heterocycles. The van der Waals surface area contributed by atoms with E-state index in [1.54, 1.807) is 0 Å². The number of carbonyl (C=O) groups excluding carboxylic acids is 1. The number of carbonyl (C=O) groups is 1. The van der Waals surface area contributed by atoms with Gasteiger partial charge in [-0.05, 0) is 76.0 Å². The maximum atomic E-state index is 15.5. The minimum atomic E-state index is -1.31. The van der Waals surface area contributed by atoms with Gasteiger partial charge in [0.15, 0.2) is 0 Å². The molecule has 1 N–H and O–H groups in total. The summed E-state index contributed by atoms with van der Waals surface area (Å²) in [5.74, 6) is 0.582. The first-order valence-electron chi connectivity index (χ1n) is 11.8. The number of alkyl halides is 1. The summed E-state index contributed by atoms with van der Waals surface area (Å²) in [4.78, 5) is 15.5. The molecular weight excluding hydrogens is 415 g/mol. The molecule has 3 fully saturated rings. The molecule has 1 atom stereocenters. The van der Waals surface area contributed by atoms with Gasteiger partial charge in [-0.3, -0.25) is 4.79 Å². The second-order valence-corrected chi connectivity index (χ2v) is 11.0. The number of halogens is 2. The van der Waals surface area contributed by atoms with E-state index in [1.165, 1.54) is 0 Å². The van der Waals surface area contributed by atoms with E-state index in [0.717, 1.165) is 63.9 Å². The summed E-state index contributed by atoms with van der Waals surface area (Å²) in [5, 5.41) is 3.64. The van der Waals surface area contributed by atoms with Crippen molar-refractivity contribution >= 4 is 17.5 Å². The standard InChI is InChI=1S/C25H36ClFN2O2/c1-23(2)16-19(8-15-31-23)17-29-13-11-24(27,12-14-29)18-28-22(30)25(9-3-10-25)20-4-6-21(26)7-5-20/h4-7,19H,3,8-18H2,1-2H3,(H,28,30). The van der Waals surface area contributed by atoms with Gasteiger partial charge in [-0.1, -0.05) is 30.2 Å². The van der Waals surface area contributed by atoms with Crippen molar-refractivity contribution in [3.63, 3.8) is 0 Å². The van der Waals surface area contributed by atoms with E-state index in [2.05, 4.69) is 24.1 Å². The maximum absolute atomic E-state index is 15.5. The number of rotatable bonds is 6. The van der Waals surface area contributed by atoms with Crippen LogP contribution in [0.2, 0.25) is 5.02 Å². The third-order valence-electron chi connectivity index (χ3n) is 7.67. The summed E-state index contributed by atoms with van der Waals surface area (Å²) in [5.41, 5.74) is -0.888. The maximum Gasteiger partial charge on any atom is 0.230 e. The second kappa shape index (κ2) is 8.99. The fourth-order valence-electron chi connectivity index (χ4n) is 5.55. The van der Waals surface area contributed by atoms with Gasteiger partial charge in [0.25, 0.3) is 0 Å². The van der Waals surface area contributed by atoms with Crippen molar-refractivity contribution in [2.75, 3.05) is 32.8 Å². The Morgan fingerprint density at radius 3 is 2.45 bits per heavy atom. The lowest BCUT2D eigenvalue weighted by molar-refractivity contribution is -0.130. The second-order valence-electron chi connectivity index (χ2n) is 10.5. The minimum absolute atomic E-state index is 0.0371. The average molecular weight is 451 g/mol. The summed E-state index contributed by atoms with van der Waals surface area (Å²) in [7, 11) is 0. The number of benzene rings is 1. The Kier molecular flexibility index (Phi) is 6.67. The zero-order valence-electron chi connectivity index (χ0n) is 18.9. The predicted molar refractivity (Wildman–Crippen MR) is 122 cm³/mol. The molecule has 0 radical (unpaired) electrons. The van der Waals surface area contributed by atoms with Crippen LogP contribution in [0.5, 0.6) is 0 Å². The molecule has 1 aromatic rings. The Bertz CT molecular complexity index is 770. The Morgan fingerprint density at radius 1 is 1.19 bits per heavy atom. The molecule has 1 aromatic carbocycles. The number of nitrogens with zero attached hydrogens (tertiary/aromatic N) is 1. The van der Waals surface area contributed by atoms with E-state index in [0.29, 0.717) is 23.8 Å². The van der Waals surface area contributed by atoms with Crippen LogP contribution in [0.1, 0.15) is 64.4 Å². The molecule has 31 heavy (non-hydrogen) atoms. The number of hydrogen-bond donors (Lipinski definition) is 1. The molecule has 2 aliphatic heterocycles. The monoisotopic (exact) mass is 450 g/mol. The van der Waals surface area contributed by atoms with E-state index in [9.17, 15) is 4.79 Å². The Morgan fingerprint density at radius 2 is 1.87 bits per heavy atom. The van der Waals surface area contributed by atoms with Crippen molar-refractivity contribution in [3.8, 4) is 0 Å². The van der Waals surface area contributed by atoms with Gasteiger partial charge in [0.05, 0.1) is 17.6 Å². The lowest BCUT2D eigenvalue weighted by atomic mass is 9.63. The smallest absolute Gasteiger partial charge is 0.230 e. The van der Waals surface area contributed by atoms with E-state index >= 15 is 4.39 Å². The number of ether oxygens (including phenoxy) is 1. The third kappa shape index (κ3) is 5.26. The van der Waals surface area contributed by atoms with Crippen LogP contribution in [0.3, 0.4) is 0 Å². The molecule has 1 saturated carbocycles. The highest BCUT2D eigenvalue weighted by Gasteiger charge is 2.46. The van der Waals surface area contributed by atoms with Crippen LogP contribution in [0, 0.1) is 5.92 Å². The van der Waals surface area contributed by atoms with Gasteiger partial charge in [0.1, 0.15) is 5.67 Å². The normalized spacial score (nSPS) is 27.3. The van der Waals surface area contributed by atoms with Gasteiger partial charge < -0.3 is 15.0 Å². The molecule has 1 unspecified atom stereocenters. The molecule has 172 valence electrons. The van der Waals surface area contributed by atoms with E-state index in [1.807, 2.05) is 24.3 Å². The van der Waals surface area contributed by atoms with E-state index < -0.39 is 11.1 Å². The molecular formula is C25H36ClFN2O2. The third-order valence-corrected chi connectivity index (χ3v) is 7.92. The van der Waals surface area contributed by atoms with Crippen LogP contribution in [0.15, 0.2) is 24.3 Å². The summed E-state index contributed by atoms with van der Waals surface area (Å²) < 4.78 is 21.3. The summed E-state index contributed by atoms with van der Waals surface area (Å²) in [6.45, 7) is 7.78. The number of nitrogens with one attached hydrogen (secondary N) is 1. The summed E-state index contributed by atoms with van der Waals surface area (Å²) >= 11 is 6.01. The van der Waals surface area contributed by atoms with Gasteiger partial charge in [-0.25, -0.2) is 4.39 Å². The summed E-state index contributed by atoms with van der Waals surface area (Å²) in [6, 6.07) is 7.52. The van der Waals surface area contributed by atoms with Crippen molar-refractivity contribution in [1.82, 2.24) is 10.2 Å². The summed E-state index contributed by atoms with van der Waals surface area (Å²) in [6.07, 6.45) is 5.76. The first-order valence-corrected chi connectivity index (χ1v) is 12.2. The van der Waals surface area contributed by atoms with Crippen LogP contribution in [-0.4, -0.2) is 54.9 Å². The number of likely N-dealkylation sites (tertiary alicyclic amines) is 1. The first-order chi connectivity index (χ1) is 14.7. The zero-order chi connectivity index (χ0) is 22.1. The van der Waals surface area contributed by atoms with Crippen LogP contribution < -0.4 is 5.32 Å². The highest BCUT2D eigenvalue weighted by molar-refractivity contribution is 6.30. The Hall–Kier alpha value is -1.17. The Labute approximate surface area is 190 Å². The van der Waals surface area contributed by atoms with Crippen molar-refractivity contribution in [1.29, 1.82) is 0 Å². The van der Waals surface area contributed by atoms with Crippen LogP contribution in [-0.2, 0) is 14.9 Å². The van der Waals surface area contributed by atoms with Crippen LogP contribution >= 0.6 is 11.6 Å².